The summed E-state index contributed by atoms with van der Waals surface area (Å²) in [6.07, 6.45) is -3.59. The first kappa shape index (κ1) is 23.0. The van der Waals surface area contributed by atoms with Crippen LogP contribution in [0.15, 0.2) is 40.9 Å². The molecule has 3 heterocycles. The van der Waals surface area contributed by atoms with E-state index in [0.29, 0.717) is 23.1 Å². The van der Waals surface area contributed by atoms with Crippen LogP contribution >= 0.6 is 0 Å². The smallest absolute Gasteiger partial charge is 0.437 e. The van der Waals surface area contributed by atoms with Gasteiger partial charge in [-0.25, -0.2) is 13.8 Å². The number of nitrogens with zero attached hydrogens (tertiary/aromatic N) is 1. The number of halogens is 5. The van der Waals surface area contributed by atoms with Crippen LogP contribution < -0.4 is 15.4 Å². The number of aryl methyl sites for hydroxylation is 1. The van der Waals surface area contributed by atoms with Crippen molar-refractivity contribution >= 4 is 16.9 Å². The lowest BCUT2D eigenvalue weighted by Gasteiger charge is -2.32. The summed E-state index contributed by atoms with van der Waals surface area (Å²) in [4.78, 5) is 16.2. The summed E-state index contributed by atoms with van der Waals surface area (Å²) in [6.45, 7) is 1.12. The molecule has 0 saturated carbocycles. The molecule has 1 aliphatic heterocycles. The Balaban J connectivity index is 1.57. The van der Waals surface area contributed by atoms with E-state index in [0.717, 1.165) is 12.3 Å². The van der Waals surface area contributed by atoms with Crippen molar-refractivity contribution in [1.82, 2.24) is 15.6 Å². The van der Waals surface area contributed by atoms with Crippen molar-refractivity contribution in [1.29, 1.82) is 0 Å². The van der Waals surface area contributed by atoms with E-state index >= 15 is 0 Å². The number of carbonyl (C=O) groups excluding carboxylic acids is 1. The second-order valence-electron chi connectivity index (χ2n) is 7.75. The Labute approximate surface area is 185 Å². The maximum Gasteiger partial charge on any atom is 0.437 e. The zero-order valence-electron chi connectivity index (χ0n) is 17.4. The number of alkyl halides is 5. The number of amides is 1. The first-order valence-electron chi connectivity index (χ1n) is 10.1. The van der Waals surface area contributed by atoms with Crippen LogP contribution in [0.5, 0.6) is 5.75 Å². The quantitative estimate of drug-likeness (QED) is 0.540. The van der Waals surface area contributed by atoms with Crippen molar-refractivity contribution in [3.05, 3.63) is 59.1 Å². The van der Waals surface area contributed by atoms with Crippen molar-refractivity contribution in [2.24, 2.45) is 0 Å². The van der Waals surface area contributed by atoms with Crippen LogP contribution in [0.2, 0.25) is 0 Å². The molecule has 0 aliphatic carbocycles. The van der Waals surface area contributed by atoms with Crippen molar-refractivity contribution in [2.45, 2.75) is 38.1 Å². The first-order chi connectivity index (χ1) is 15.6. The molecule has 1 saturated heterocycles. The van der Waals surface area contributed by atoms with Crippen molar-refractivity contribution in [3.8, 4) is 5.75 Å². The molecule has 1 aliphatic rings. The average molecular weight is 469 g/mol. The summed E-state index contributed by atoms with van der Waals surface area (Å²) in [5.74, 6) is -3.99. The van der Waals surface area contributed by atoms with Gasteiger partial charge in [0.2, 0.25) is 0 Å². The Bertz CT molecular complexity index is 1180. The van der Waals surface area contributed by atoms with Crippen LogP contribution in [0.25, 0.3) is 11.0 Å². The summed E-state index contributed by atoms with van der Waals surface area (Å²) in [7, 11) is 0. The molecule has 176 valence electrons. The fourth-order valence-electron chi connectivity index (χ4n) is 3.76. The van der Waals surface area contributed by atoms with Crippen molar-refractivity contribution in [2.75, 3.05) is 13.1 Å². The van der Waals surface area contributed by atoms with Gasteiger partial charge < -0.3 is 19.8 Å². The van der Waals surface area contributed by atoms with Gasteiger partial charge in [-0.1, -0.05) is 6.07 Å². The zero-order valence-corrected chi connectivity index (χ0v) is 17.4. The van der Waals surface area contributed by atoms with Crippen LogP contribution in [0.4, 0.5) is 22.0 Å². The highest BCUT2D eigenvalue weighted by atomic mass is 19.4. The van der Waals surface area contributed by atoms with Gasteiger partial charge in [0.1, 0.15) is 18.0 Å². The van der Waals surface area contributed by atoms with E-state index in [1.165, 1.54) is 19.1 Å². The normalized spacial score (nSPS) is 18.3. The van der Waals surface area contributed by atoms with Crippen LogP contribution in [0, 0.1) is 6.92 Å². The highest BCUT2D eigenvalue weighted by Gasteiger charge is 2.43. The number of furan rings is 1. The van der Waals surface area contributed by atoms with Gasteiger partial charge in [0.05, 0.1) is 18.2 Å². The SMILES string of the molecule is Cc1oc2ccc(COc3cccnc3C(F)(F)F)cc2c1C(=O)NC1CCNCC1(F)F. The lowest BCUT2D eigenvalue weighted by molar-refractivity contribution is -0.142. The van der Waals surface area contributed by atoms with Gasteiger partial charge in [-0.2, -0.15) is 13.2 Å². The van der Waals surface area contributed by atoms with E-state index < -0.39 is 42.0 Å². The van der Waals surface area contributed by atoms with E-state index in [1.807, 2.05) is 0 Å². The van der Waals surface area contributed by atoms with Crippen LogP contribution in [-0.4, -0.2) is 35.9 Å². The zero-order chi connectivity index (χ0) is 23.8. The van der Waals surface area contributed by atoms with Crippen LogP contribution in [0.3, 0.4) is 0 Å². The number of hydrogen-bond donors (Lipinski definition) is 2. The number of ether oxygens (including phenoxy) is 1. The Kier molecular flexibility index (Phi) is 6.00. The molecule has 2 aromatic heterocycles. The molecular formula is C22H20F5N3O3. The molecule has 3 aromatic rings. The standard InChI is InChI=1S/C22H20F5N3O3/c1-12-18(20(31)30-17-6-8-28-11-21(17,23)24)14-9-13(4-5-15(14)33-12)10-32-16-3-2-7-29-19(16)22(25,26)27/h2-5,7,9,17,28H,6,8,10-11H2,1H3,(H,30,31). The van der Waals surface area contributed by atoms with Crippen molar-refractivity contribution < 1.29 is 35.9 Å². The maximum atomic E-state index is 14.1. The number of nitrogens with one attached hydrogen (secondary N) is 2. The third-order valence-electron chi connectivity index (χ3n) is 5.37. The fraction of sp³-hybridized carbons (Fsp3) is 0.364. The summed E-state index contributed by atoms with van der Waals surface area (Å²) in [6, 6.07) is 5.82. The predicted molar refractivity (Wildman–Crippen MR) is 108 cm³/mol. The number of fused-ring (bicyclic) bond motifs is 1. The molecule has 33 heavy (non-hydrogen) atoms. The minimum Gasteiger partial charge on any atom is -0.487 e. The molecule has 1 fully saturated rings. The molecule has 6 nitrogen and oxygen atoms in total. The topological polar surface area (TPSA) is 76.4 Å². The molecule has 11 heteroatoms. The number of rotatable bonds is 5. The minimum atomic E-state index is -4.68. The molecule has 0 radical (unpaired) electrons. The van der Waals surface area contributed by atoms with E-state index in [4.69, 9.17) is 9.15 Å². The highest BCUT2D eigenvalue weighted by Crippen LogP contribution is 2.35. The first-order valence-corrected chi connectivity index (χ1v) is 10.1. The number of pyridine rings is 1. The Morgan fingerprint density at radius 1 is 1.33 bits per heavy atom. The largest absolute Gasteiger partial charge is 0.487 e. The number of hydrogen-bond acceptors (Lipinski definition) is 5. The van der Waals surface area contributed by atoms with Gasteiger partial charge >= 0.3 is 6.18 Å². The van der Waals surface area contributed by atoms with E-state index in [2.05, 4.69) is 15.6 Å². The molecule has 2 N–H and O–H groups in total. The number of aromatic nitrogens is 1. The minimum absolute atomic E-state index is 0.0688. The van der Waals surface area contributed by atoms with Crippen molar-refractivity contribution in [3.63, 3.8) is 0 Å². The summed E-state index contributed by atoms with van der Waals surface area (Å²) in [5, 5.41) is 5.34. The summed E-state index contributed by atoms with van der Waals surface area (Å²) in [5.41, 5.74) is -0.246. The lowest BCUT2D eigenvalue weighted by Crippen LogP contribution is -2.57. The fourth-order valence-corrected chi connectivity index (χ4v) is 3.76. The molecule has 1 atom stereocenters. The highest BCUT2D eigenvalue weighted by molar-refractivity contribution is 6.07. The van der Waals surface area contributed by atoms with E-state index in [-0.39, 0.29) is 24.4 Å². The predicted octanol–water partition coefficient (Wildman–Crippen LogP) is 4.46. The lowest BCUT2D eigenvalue weighted by atomic mass is 10.0. The molecule has 1 aromatic carbocycles. The van der Waals surface area contributed by atoms with Crippen LogP contribution in [-0.2, 0) is 12.8 Å². The van der Waals surface area contributed by atoms with Gasteiger partial charge in [-0.15, -0.1) is 0 Å². The Morgan fingerprint density at radius 3 is 2.85 bits per heavy atom. The molecule has 4 rings (SSSR count). The third kappa shape index (κ3) is 4.77. The Hall–Kier alpha value is -3.21. The van der Waals surface area contributed by atoms with Gasteiger partial charge in [-0.3, -0.25) is 4.79 Å². The van der Waals surface area contributed by atoms with Gasteiger partial charge in [-0.05, 0) is 49.7 Å². The second-order valence-corrected chi connectivity index (χ2v) is 7.75. The second kappa shape index (κ2) is 8.62. The molecule has 1 unspecified atom stereocenters. The maximum absolute atomic E-state index is 14.1. The third-order valence-corrected chi connectivity index (χ3v) is 5.37. The monoisotopic (exact) mass is 469 g/mol. The molecule has 1 amide bonds. The molecule has 0 spiro atoms. The van der Waals surface area contributed by atoms with E-state index in [1.54, 1.807) is 12.1 Å². The summed E-state index contributed by atoms with van der Waals surface area (Å²) < 4.78 is 78.5. The van der Waals surface area contributed by atoms with E-state index in [9.17, 15) is 26.7 Å². The van der Waals surface area contributed by atoms with Gasteiger partial charge in [0.15, 0.2) is 11.4 Å². The van der Waals surface area contributed by atoms with Gasteiger partial charge in [0, 0.05) is 11.6 Å². The number of carbonyl (C=O) groups is 1. The number of benzene rings is 1. The molecule has 0 bridgehead atoms. The average Bonchev–Trinajstić information content (AvgIpc) is 3.08. The Morgan fingerprint density at radius 2 is 2.12 bits per heavy atom. The molecular weight excluding hydrogens is 449 g/mol. The number of piperidine rings is 1. The van der Waals surface area contributed by atoms with Gasteiger partial charge in [0.25, 0.3) is 11.8 Å². The summed E-state index contributed by atoms with van der Waals surface area (Å²) >= 11 is 0. The van der Waals surface area contributed by atoms with Crippen LogP contribution in [0.1, 0.15) is 33.8 Å².